The van der Waals surface area contributed by atoms with Crippen molar-refractivity contribution in [2.45, 2.75) is 6.61 Å². The maximum Gasteiger partial charge on any atom is 0.254 e. The van der Waals surface area contributed by atoms with Crippen LogP contribution in [0.3, 0.4) is 0 Å². The molecular weight excluding hydrogens is 287 g/mol. The van der Waals surface area contributed by atoms with E-state index >= 15 is 0 Å². The third kappa shape index (κ3) is 3.22. The summed E-state index contributed by atoms with van der Waals surface area (Å²) in [6.07, 6.45) is 0. The van der Waals surface area contributed by atoms with Gasteiger partial charge >= 0.3 is 0 Å². The SMILES string of the molecule is COc1ccc(OCc2nnc(-c3cccc(F)c3)o2)cc1. The third-order valence-corrected chi connectivity index (χ3v) is 2.96. The minimum Gasteiger partial charge on any atom is -0.497 e. The van der Waals surface area contributed by atoms with Crippen molar-refractivity contribution in [3.8, 4) is 23.0 Å². The Kier molecular flexibility index (Phi) is 4.00. The summed E-state index contributed by atoms with van der Waals surface area (Å²) in [6.45, 7) is 0.134. The summed E-state index contributed by atoms with van der Waals surface area (Å²) >= 11 is 0. The molecule has 0 N–H and O–H groups in total. The van der Waals surface area contributed by atoms with Gasteiger partial charge in [-0.1, -0.05) is 6.07 Å². The van der Waals surface area contributed by atoms with Gasteiger partial charge in [0.15, 0.2) is 6.61 Å². The van der Waals surface area contributed by atoms with Crippen LogP contribution >= 0.6 is 0 Å². The first kappa shape index (κ1) is 14.1. The van der Waals surface area contributed by atoms with Gasteiger partial charge in [0.1, 0.15) is 17.3 Å². The van der Waals surface area contributed by atoms with Crippen LogP contribution in [0.15, 0.2) is 52.9 Å². The number of benzene rings is 2. The molecule has 5 nitrogen and oxygen atoms in total. The molecule has 0 atom stereocenters. The van der Waals surface area contributed by atoms with Crippen molar-refractivity contribution in [1.82, 2.24) is 10.2 Å². The van der Waals surface area contributed by atoms with E-state index in [-0.39, 0.29) is 18.3 Å². The van der Waals surface area contributed by atoms with Crippen LogP contribution in [0.1, 0.15) is 5.89 Å². The van der Waals surface area contributed by atoms with Gasteiger partial charge in [0.25, 0.3) is 5.89 Å². The lowest BCUT2D eigenvalue weighted by Crippen LogP contribution is -1.95. The second-order valence-corrected chi connectivity index (χ2v) is 4.48. The van der Waals surface area contributed by atoms with E-state index in [0.717, 1.165) is 5.75 Å². The molecule has 0 fully saturated rings. The normalized spacial score (nSPS) is 10.5. The molecule has 0 saturated carbocycles. The molecule has 112 valence electrons. The van der Waals surface area contributed by atoms with Gasteiger partial charge in [-0.2, -0.15) is 0 Å². The number of aromatic nitrogens is 2. The molecule has 0 radical (unpaired) electrons. The highest BCUT2D eigenvalue weighted by Gasteiger charge is 2.09. The van der Waals surface area contributed by atoms with Gasteiger partial charge in [-0.15, -0.1) is 10.2 Å². The van der Waals surface area contributed by atoms with E-state index in [9.17, 15) is 4.39 Å². The number of halogens is 1. The van der Waals surface area contributed by atoms with Gasteiger partial charge in [0, 0.05) is 5.56 Å². The van der Waals surface area contributed by atoms with Gasteiger partial charge in [-0.3, -0.25) is 0 Å². The summed E-state index contributed by atoms with van der Waals surface area (Å²) in [7, 11) is 1.60. The van der Waals surface area contributed by atoms with E-state index in [2.05, 4.69) is 10.2 Å². The average Bonchev–Trinajstić information content (AvgIpc) is 3.02. The number of methoxy groups -OCH3 is 1. The lowest BCUT2D eigenvalue weighted by atomic mass is 10.2. The molecule has 0 aliphatic carbocycles. The zero-order valence-corrected chi connectivity index (χ0v) is 11.8. The summed E-state index contributed by atoms with van der Waals surface area (Å²) in [5.74, 6) is 1.62. The fourth-order valence-electron chi connectivity index (χ4n) is 1.87. The number of hydrogen-bond acceptors (Lipinski definition) is 5. The largest absolute Gasteiger partial charge is 0.497 e. The molecule has 0 aliphatic heterocycles. The second kappa shape index (κ2) is 6.26. The monoisotopic (exact) mass is 300 g/mol. The molecule has 0 bridgehead atoms. The van der Waals surface area contributed by atoms with Crippen LogP contribution in [-0.4, -0.2) is 17.3 Å². The number of nitrogens with zero attached hydrogens (tertiary/aromatic N) is 2. The molecular formula is C16H13FN2O3. The Morgan fingerprint density at radius 3 is 2.55 bits per heavy atom. The van der Waals surface area contributed by atoms with Gasteiger partial charge in [0.05, 0.1) is 7.11 Å². The van der Waals surface area contributed by atoms with Crippen molar-refractivity contribution in [2.75, 3.05) is 7.11 Å². The van der Waals surface area contributed by atoms with E-state index < -0.39 is 0 Å². The minimum absolute atomic E-state index is 0.134. The summed E-state index contributed by atoms with van der Waals surface area (Å²) < 4.78 is 29.2. The molecule has 0 unspecified atom stereocenters. The van der Waals surface area contributed by atoms with Crippen molar-refractivity contribution in [3.05, 3.63) is 60.2 Å². The fraction of sp³-hybridized carbons (Fsp3) is 0.125. The second-order valence-electron chi connectivity index (χ2n) is 4.48. The predicted octanol–water partition coefficient (Wildman–Crippen LogP) is 3.46. The van der Waals surface area contributed by atoms with Gasteiger partial charge < -0.3 is 13.9 Å². The zero-order valence-electron chi connectivity index (χ0n) is 11.8. The van der Waals surface area contributed by atoms with Crippen LogP contribution in [0.2, 0.25) is 0 Å². The Labute approximate surface area is 126 Å². The lowest BCUT2D eigenvalue weighted by Gasteiger charge is -2.04. The van der Waals surface area contributed by atoms with E-state index in [0.29, 0.717) is 17.2 Å². The molecule has 1 aromatic heterocycles. The molecule has 0 aliphatic rings. The maximum atomic E-state index is 13.2. The van der Waals surface area contributed by atoms with Gasteiger partial charge in [0.2, 0.25) is 5.89 Å². The summed E-state index contributed by atoms with van der Waals surface area (Å²) in [5.41, 5.74) is 0.531. The first-order valence-electron chi connectivity index (χ1n) is 6.60. The molecule has 0 saturated heterocycles. The molecule has 0 spiro atoms. The molecule has 22 heavy (non-hydrogen) atoms. The summed E-state index contributed by atoms with van der Waals surface area (Å²) in [5, 5.41) is 7.77. The van der Waals surface area contributed by atoms with Gasteiger partial charge in [-0.25, -0.2) is 4.39 Å². The Balaban J connectivity index is 1.66. The summed E-state index contributed by atoms with van der Waals surface area (Å²) in [6, 6.07) is 13.1. The molecule has 3 rings (SSSR count). The van der Waals surface area contributed by atoms with E-state index in [1.165, 1.54) is 12.1 Å². The van der Waals surface area contributed by atoms with Crippen LogP contribution in [0.4, 0.5) is 4.39 Å². The fourth-order valence-corrected chi connectivity index (χ4v) is 1.87. The highest BCUT2D eigenvalue weighted by atomic mass is 19.1. The Morgan fingerprint density at radius 1 is 1.05 bits per heavy atom. The van der Waals surface area contributed by atoms with Crippen LogP contribution in [0.5, 0.6) is 11.5 Å². The predicted molar refractivity (Wildman–Crippen MR) is 77.0 cm³/mol. The van der Waals surface area contributed by atoms with Crippen LogP contribution < -0.4 is 9.47 Å². The first-order chi connectivity index (χ1) is 10.7. The third-order valence-electron chi connectivity index (χ3n) is 2.96. The quantitative estimate of drug-likeness (QED) is 0.722. The highest BCUT2D eigenvalue weighted by molar-refractivity contribution is 5.52. The number of hydrogen-bond donors (Lipinski definition) is 0. The maximum absolute atomic E-state index is 13.2. The Bertz CT molecular complexity index is 756. The van der Waals surface area contributed by atoms with Crippen molar-refractivity contribution in [1.29, 1.82) is 0 Å². The van der Waals surface area contributed by atoms with Crippen LogP contribution in [0.25, 0.3) is 11.5 Å². The summed E-state index contributed by atoms with van der Waals surface area (Å²) in [4.78, 5) is 0. The number of ether oxygens (including phenoxy) is 2. The van der Waals surface area contributed by atoms with Crippen molar-refractivity contribution in [3.63, 3.8) is 0 Å². The van der Waals surface area contributed by atoms with Gasteiger partial charge in [-0.05, 0) is 42.5 Å². The van der Waals surface area contributed by atoms with Crippen molar-refractivity contribution < 1.29 is 18.3 Å². The van der Waals surface area contributed by atoms with Crippen molar-refractivity contribution >= 4 is 0 Å². The molecule has 6 heteroatoms. The van der Waals surface area contributed by atoms with E-state index in [4.69, 9.17) is 13.9 Å². The smallest absolute Gasteiger partial charge is 0.254 e. The topological polar surface area (TPSA) is 57.4 Å². The Morgan fingerprint density at radius 2 is 1.82 bits per heavy atom. The highest BCUT2D eigenvalue weighted by Crippen LogP contribution is 2.21. The van der Waals surface area contributed by atoms with Crippen LogP contribution in [-0.2, 0) is 6.61 Å². The lowest BCUT2D eigenvalue weighted by molar-refractivity contribution is 0.264. The van der Waals surface area contributed by atoms with Crippen LogP contribution in [0, 0.1) is 5.82 Å². The Hall–Kier alpha value is -2.89. The zero-order chi connectivity index (χ0) is 15.4. The molecule has 0 amide bonds. The number of rotatable bonds is 5. The molecule has 3 aromatic rings. The van der Waals surface area contributed by atoms with E-state index in [1.807, 2.05) is 0 Å². The minimum atomic E-state index is -0.355. The van der Waals surface area contributed by atoms with Crippen molar-refractivity contribution in [2.24, 2.45) is 0 Å². The average molecular weight is 300 g/mol. The first-order valence-corrected chi connectivity index (χ1v) is 6.60. The molecule has 1 heterocycles. The molecule has 2 aromatic carbocycles. The standard InChI is InChI=1S/C16H13FN2O3/c1-20-13-5-7-14(8-6-13)21-10-15-18-19-16(22-15)11-3-2-4-12(17)9-11/h2-9H,10H2,1H3. The van der Waals surface area contributed by atoms with E-state index in [1.54, 1.807) is 43.5 Å².